The van der Waals surface area contributed by atoms with E-state index < -0.39 is 28.8 Å². The molecule has 2 rings (SSSR count). The van der Waals surface area contributed by atoms with Crippen LogP contribution in [-0.4, -0.2) is 16.0 Å². The van der Waals surface area contributed by atoms with Crippen LogP contribution in [0.1, 0.15) is 15.9 Å². The average Bonchev–Trinajstić information content (AvgIpc) is 2.36. The molecule has 0 N–H and O–H groups in total. The standard InChI is InChI=1S/C11H5F3N2O/c12-8-2-1-7(9(13)10(8)14)11(17)6-3-4-15-16-5-6/h1-5H. The van der Waals surface area contributed by atoms with Crippen molar-refractivity contribution < 1.29 is 18.0 Å². The Kier molecular flexibility index (Phi) is 2.86. The van der Waals surface area contributed by atoms with Gasteiger partial charge in [-0.25, -0.2) is 13.2 Å². The first kappa shape index (κ1) is 11.3. The number of nitrogens with zero attached hydrogens (tertiary/aromatic N) is 2. The Hall–Kier alpha value is -2.24. The lowest BCUT2D eigenvalue weighted by atomic mass is 10.0. The van der Waals surface area contributed by atoms with Gasteiger partial charge in [0, 0.05) is 5.56 Å². The number of rotatable bonds is 2. The molecule has 1 heterocycles. The number of halogens is 3. The molecule has 6 heteroatoms. The van der Waals surface area contributed by atoms with Gasteiger partial charge < -0.3 is 0 Å². The summed E-state index contributed by atoms with van der Waals surface area (Å²) in [6.07, 6.45) is 2.36. The molecule has 0 aliphatic heterocycles. The van der Waals surface area contributed by atoms with E-state index >= 15 is 0 Å². The molecular weight excluding hydrogens is 233 g/mol. The van der Waals surface area contributed by atoms with Crippen molar-refractivity contribution in [3.05, 3.63) is 59.2 Å². The van der Waals surface area contributed by atoms with Crippen LogP contribution in [0, 0.1) is 17.5 Å². The maximum atomic E-state index is 13.3. The number of carbonyl (C=O) groups excluding carboxylic acids is 1. The van der Waals surface area contributed by atoms with Gasteiger partial charge in [0.2, 0.25) is 0 Å². The first-order valence-corrected chi connectivity index (χ1v) is 4.56. The first-order valence-electron chi connectivity index (χ1n) is 4.56. The quantitative estimate of drug-likeness (QED) is 0.594. The number of carbonyl (C=O) groups is 1. The van der Waals surface area contributed by atoms with Crippen molar-refractivity contribution in [1.82, 2.24) is 10.2 Å². The molecule has 0 aliphatic rings. The van der Waals surface area contributed by atoms with Crippen molar-refractivity contribution in [2.45, 2.75) is 0 Å². The van der Waals surface area contributed by atoms with Crippen LogP contribution in [0.15, 0.2) is 30.6 Å². The predicted octanol–water partition coefficient (Wildman–Crippen LogP) is 2.12. The highest BCUT2D eigenvalue weighted by molar-refractivity contribution is 6.08. The fourth-order valence-corrected chi connectivity index (χ4v) is 1.28. The number of benzene rings is 1. The number of hydrogen-bond acceptors (Lipinski definition) is 3. The molecule has 3 nitrogen and oxygen atoms in total. The smallest absolute Gasteiger partial charge is 0.197 e. The van der Waals surface area contributed by atoms with E-state index in [1.807, 2.05) is 0 Å². The van der Waals surface area contributed by atoms with Gasteiger partial charge in [0.05, 0.1) is 18.0 Å². The fourth-order valence-electron chi connectivity index (χ4n) is 1.28. The van der Waals surface area contributed by atoms with E-state index in [2.05, 4.69) is 10.2 Å². The van der Waals surface area contributed by atoms with Gasteiger partial charge in [0.25, 0.3) is 0 Å². The maximum Gasteiger partial charge on any atom is 0.197 e. The van der Waals surface area contributed by atoms with Gasteiger partial charge in [-0.3, -0.25) is 4.79 Å². The summed E-state index contributed by atoms with van der Waals surface area (Å²) in [6.45, 7) is 0. The molecular formula is C11H5F3N2O. The molecule has 0 atom stereocenters. The third kappa shape index (κ3) is 2.01. The SMILES string of the molecule is O=C(c1ccnnc1)c1ccc(F)c(F)c1F. The van der Waals surface area contributed by atoms with Crippen LogP contribution in [-0.2, 0) is 0 Å². The molecule has 0 amide bonds. The summed E-state index contributed by atoms with van der Waals surface area (Å²) in [5.41, 5.74) is -0.498. The highest BCUT2D eigenvalue weighted by Crippen LogP contribution is 2.17. The summed E-state index contributed by atoms with van der Waals surface area (Å²) in [5.74, 6) is -5.30. The first-order chi connectivity index (χ1) is 8.11. The van der Waals surface area contributed by atoms with Crippen LogP contribution >= 0.6 is 0 Å². The monoisotopic (exact) mass is 238 g/mol. The largest absolute Gasteiger partial charge is 0.288 e. The van der Waals surface area contributed by atoms with Crippen LogP contribution in [0.25, 0.3) is 0 Å². The van der Waals surface area contributed by atoms with Crippen molar-refractivity contribution in [3.63, 3.8) is 0 Å². The van der Waals surface area contributed by atoms with Crippen molar-refractivity contribution in [1.29, 1.82) is 0 Å². The molecule has 0 aliphatic carbocycles. The minimum absolute atomic E-state index is 0.0462. The van der Waals surface area contributed by atoms with E-state index in [0.29, 0.717) is 6.07 Å². The Bertz CT molecular complexity index is 572. The molecule has 0 unspecified atom stereocenters. The van der Waals surface area contributed by atoms with E-state index in [4.69, 9.17) is 0 Å². The van der Waals surface area contributed by atoms with Gasteiger partial charge in [-0.05, 0) is 18.2 Å². The number of aromatic nitrogens is 2. The van der Waals surface area contributed by atoms with Crippen LogP contribution in [0.5, 0.6) is 0 Å². The topological polar surface area (TPSA) is 42.9 Å². The Morgan fingerprint density at radius 2 is 1.76 bits per heavy atom. The molecule has 0 bridgehead atoms. The zero-order valence-electron chi connectivity index (χ0n) is 8.32. The van der Waals surface area contributed by atoms with E-state index in [0.717, 1.165) is 12.3 Å². The molecule has 1 aromatic heterocycles. The van der Waals surface area contributed by atoms with Gasteiger partial charge in [0.1, 0.15) is 0 Å². The molecule has 86 valence electrons. The third-order valence-electron chi connectivity index (χ3n) is 2.13. The second-order valence-electron chi connectivity index (χ2n) is 3.18. The number of ketones is 1. The Labute approximate surface area is 93.9 Å². The van der Waals surface area contributed by atoms with E-state index in [-0.39, 0.29) is 5.56 Å². The summed E-state index contributed by atoms with van der Waals surface area (Å²) in [5, 5.41) is 6.89. The van der Waals surface area contributed by atoms with Crippen LogP contribution < -0.4 is 0 Å². The Morgan fingerprint density at radius 1 is 1.00 bits per heavy atom. The van der Waals surface area contributed by atoms with Crippen LogP contribution in [0.4, 0.5) is 13.2 Å². The van der Waals surface area contributed by atoms with Crippen molar-refractivity contribution in [2.75, 3.05) is 0 Å². The van der Waals surface area contributed by atoms with Crippen LogP contribution in [0.3, 0.4) is 0 Å². The van der Waals surface area contributed by atoms with Gasteiger partial charge in [-0.2, -0.15) is 10.2 Å². The zero-order chi connectivity index (χ0) is 12.4. The zero-order valence-corrected chi connectivity index (χ0v) is 8.32. The molecule has 0 fully saturated rings. The second kappa shape index (κ2) is 4.32. The van der Waals surface area contributed by atoms with Crippen molar-refractivity contribution in [3.8, 4) is 0 Å². The minimum atomic E-state index is -1.67. The molecule has 0 radical (unpaired) electrons. The molecule has 0 spiro atoms. The second-order valence-corrected chi connectivity index (χ2v) is 3.18. The molecule has 1 aromatic carbocycles. The highest BCUT2D eigenvalue weighted by Gasteiger charge is 2.19. The van der Waals surface area contributed by atoms with E-state index in [1.54, 1.807) is 0 Å². The summed E-state index contributed by atoms with van der Waals surface area (Å²) < 4.78 is 38.9. The summed E-state index contributed by atoms with van der Waals surface area (Å²) >= 11 is 0. The van der Waals surface area contributed by atoms with E-state index in [9.17, 15) is 18.0 Å². The van der Waals surface area contributed by atoms with Gasteiger partial charge in [-0.1, -0.05) is 0 Å². The predicted molar refractivity (Wildman–Crippen MR) is 51.8 cm³/mol. The normalized spacial score (nSPS) is 10.3. The molecule has 17 heavy (non-hydrogen) atoms. The van der Waals surface area contributed by atoms with Gasteiger partial charge >= 0.3 is 0 Å². The fraction of sp³-hybridized carbons (Fsp3) is 0. The molecule has 0 saturated carbocycles. The number of hydrogen-bond donors (Lipinski definition) is 0. The highest BCUT2D eigenvalue weighted by atomic mass is 19.2. The maximum absolute atomic E-state index is 13.3. The summed E-state index contributed by atoms with van der Waals surface area (Å²) in [7, 11) is 0. The summed E-state index contributed by atoms with van der Waals surface area (Å²) in [4.78, 5) is 11.7. The lowest BCUT2D eigenvalue weighted by Crippen LogP contribution is -2.07. The van der Waals surface area contributed by atoms with Crippen LogP contribution in [0.2, 0.25) is 0 Å². The van der Waals surface area contributed by atoms with Crippen molar-refractivity contribution in [2.24, 2.45) is 0 Å². The van der Waals surface area contributed by atoms with Gasteiger partial charge in [0.15, 0.2) is 23.2 Å². The van der Waals surface area contributed by atoms with Gasteiger partial charge in [-0.15, -0.1) is 0 Å². The third-order valence-corrected chi connectivity index (χ3v) is 2.13. The Morgan fingerprint density at radius 3 is 2.41 bits per heavy atom. The molecule has 2 aromatic rings. The minimum Gasteiger partial charge on any atom is -0.288 e. The lowest BCUT2D eigenvalue weighted by Gasteiger charge is -2.03. The molecule has 0 saturated heterocycles. The Balaban J connectivity index is 2.49. The van der Waals surface area contributed by atoms with Crippen molar-refractivity contribution >= 4 is 5.78 Å². The summed E-state index contributed by atoms with van der Waals surface area (Å²) in [6, 6.07) is 2.88. The average molecular weight is 238 g/mol. The lowest BCUT2D eigenvalue weighted by molar-refractivity contribution is 0.103. The van der Waals surface area contributed by atoms with E-state index in [1.165, 1.54) is 12.3 Å².